The van der Waals surface area contributed by atoms with Crippen molar-refractivity contribution < 1.29 is 4.74 Å². The summed E-state index contributed by atoms with van der Waals surface area (Å²) < 4.78 is 6.53. The van der Waals surface area contributed by atoms with Gasteiger partial charge in [0.1, 0.15) is 11.8 Å². The number of benzene rings is 2. The molecule has 1 N–H and O–H groups in total. The topological polar surface area (TPSA) is 45.0 Å². The van der Waals surface area contributed by atoms with Gasteiger partial charge in [0.15, 0.2) is 6.61 Å². The van der Waals surface area contributed by atoms with Crippen molar-refractivity contribution in [1.82, 2.24) is 0 Å². The van der Waals surface area contributed by atoms with Crippen LogP contribution >= 0.6 is 15.9 Å². The first-order chi connectivity index (χ1) is 10.2. The average molecular weight is 345 g/mol. The monoisotopic (exact) mass is 344 g/mol. The van der Waals surface area contributed by atoms with E-state index < -0.39 is 0 Å². The Hall–Kier alpha value is -1.99. The zero-order chi connectivity index (χ0) is 15.1. The van der Waals surface area contributed by atoms with Crippen LogP contribution in [0.4, 0.5) is 5.69 Å². The van der Waals surface area contributed by atoms with Gasteiger partial charge in [0.05, 0.1) is 0 Å². The number of anilines is 1. The van der Waals surface area contributed by atoms with Gasteiger partial charge in [-0.3, -0.25) is 0 Å². The molecule has 0 atom stereocenters. The fourth-order valence-electron chi connectivity index (χ4n) is 2.12. The molecule has 4 heteroatoms. The number of hydrogen-bond acceptors (Lipinski definition) is 3. The van der Waals surface area contributed by atoms with Crippen molar-refractivity contribution in [1.29, 1.82) is 5.26 Å². The third kappa shape index (κ3) is 4.24. The molecule has 0 aliphatic rings. The van der Waals surface area contributed by atoms with Crippen LogP contribution in [0.2, 0.25) is 0 Å². The molecule has 0 saturated heterocycles. The van der Waals surface area contributed by atoms with E-state index in [1.807, 2.05) is 36.4 Å². The molecule has 0 unspecified atom stereocenters. The molecule has 2 rings (SSSR count). The second-order valence-corrected chi connectivity index (χ2v) is 5.48. The van der Waals surface area contributed by atoms with Crippen LogP contribution in [0.5, 0.6) is 5.75 Å². The fourth-order valence-corrected chi connectivity index (χ4v) is 2.53. The van der Waals surface area contributed by atoms with Crippen molar-refractivity contribution in [3.8, 4) is 11.8 Å². The molecule has 0 radical (unpaired) electrons. The highest BCUT2D eigenvalue weighted by molar-refractivity contribution is 9.10. The highest BCUT2D eigenvalue weighted by atomic mass is 79.9. The molecule has 0 aliphatic carbocycles. The zero-order valence-electron chi connectivity index (χ0n) is 11.9. The van der Waals surface area contributed by atoms with Gasteiger partial charge in [-0.2, -0.15) is 5.26 Å². The molecule has 0 heterocycles. The predicted molar refractivity (Wildman–Crippen MR) is 88.4 cm³/mol. The van der Waals surface area contributed by atoms with Gasteiger partial charge in [0, 0.05) is 22.3 Å². The third-order valence-electron chi connectivity index (χ3n) is 3.18. The number of nitrogens with zero attached hydrogens (tertiary/aromatic N) is 1. The lowest BCUT2D eigenvalue weighted by Gasteiger charge is -2.14. The van der Waals surface area contributed by atoms with E-state index in [0.717, 1.165) is 27.9 Å². The molecule has 0 spiro atoms. The van der Waals surface area contributed by atoms with E-state index >= 15 is 0 Å². The summed E-state index contributed by atoms with van der Waals surface area (Å²) in [6, 6.07) is 16.0. The minimum Gasteiger partial charge on any atom is -0.478 e. The molecular formula is C17H17BrN2O. The molecule has 0 bridgehead atoms. The van der Waals surface area contributed by atoms with E-state index in [1.54, 1.807) is 0 Å². The summed E-state index contributed by atoms with van der Waals surface area (Å²) in [7, 11) is 0. The molecule has 21 heavy (non-hydrogen) atoms. The number of ether oxygens (including phenoxy) is 1. The molecule has 0 fully saturated rings. The lowest BCUT2D eigenvalue weighted by atomic mass is 10.1. The van der Waals surface area contributed by atoms with E-state index in [-0.39, 0.29) is 6.61 Å². The minimum atomic E-state index is 0.0650. The zero-order valence-corrected chi connectivity index (χ0v) is 13.5. The van der Waals surface area contributed by atoms with Gasteiger partial charge >= 0.3 is 0 Å². The summed E-state index contributed by atoms with van der Waals surface area (Å²) in [6.45, 7) is 2.86. The van der Waals surface area contributed by atoms with Crippen molar-refractivity contribution >= 4 is 21.6 Å². The van der Waals surface area contributed by atoms with E-state index in [1.165, 1.54) is 5.56 Å². The Bertz CT molecular complexity index is 649. The van der Waals surface area contributed by atoms with E-state index in [9.17, 15) is 0 Å². The van der Waals surface area contributed by atoms with E-state index in [2.05, 4.69) is 40.3 Å². The van der Waals surface area contributed by atoms with Gasteiger partial charge in [0.25, 0.3) is 0 Å². The number of para-hydroxylation sites is 1. The lowest BCUT2D eigenvalue weighted by molar-refractivity contribution is 0.364. The summed E-state index contributed by atoms with van der Waals surface area (Å²) >= 11 is 3.49. The maximum atomic E-state index is 8.63. The molecule has 108 valence electrons. The predicted octanol–water partition coefficient (Wildman–Crippen LogP) is 4.53. The number of nitriles is 1. The van der Waals surface area contributed by atoms with Crippen LogP contribution in [-0.4, -0.2) is 6.61 Å². The highest BCUT2D eigenvalue weighted by Crippen LogP contribution is 2.24. The van der Waals surface area contributed by atoms with E-state index in [0.29, 0.717) is 6.54 Å². The number of halogens is 1. The van der Waals surface area contributed by atoms with Crippen molar-refractivity contribution in [2.75, 3.05) is 11.9 Å². The van der Waals surface area contributed by atoms with Crippen molar-refractivity contribution in [3.05, 3.63) is 58.1 Å². The molecular weight excluding hydrogens is 328 g/mol. The van der Waals surface area contributed by atoms with Gasteiger partial charge in [0.2, 0.25) is 0 Å². The van der Waals surface area contributed by atoms with Gasteiger partial charge in [-0.25, -0.2) is 0 Å². The Labute approximate surface area is 133 Å². The molecule has 0 amide bonds. The number of aryl methyl sites for hydroxylation is 1. The van der Waals surface area contributed by atoms with Crippen LogP contribution < -0.4 is 10.1 Å². The first-order valence-electron chi connectivity index (χ1n) is 6.84. The third-order valence-corrected chi connectivity index (χ3v) is 3.68. The Morgan fingerprint density at radius 3 is 2.76 bits per heavy atom. The summed E-state index contributed by atoms with van der Waals surface area (Å²) in [5.74, 6) is 0.752. The van der Waals surface area contributed by atoms with Crippen LogP contribution in [-0.2, 0) is 13.0 Å². The highest BCUT2D eigenvalue weighted by Gasteiger charge is 2.05. The molecule has 2 aromatic carbocycles. The summed E-state index contributed by atoms with van der Waals surface area (Å²) in [6.07, 6.45) is 0.967. The summed E-state index contributed by atoms with van der Waals surface area (Å²) in [5, 5.41) is 12.1. The Morgan fingerprint density at radius 2 is 2.00 bits per heavy atom. The van der Waals surface area contributed by atoms with E-state index in [4.69, 9.17) is 10.00 Å². The maximum absolute atomic E-state index is 8.63. The maximum Gasteiger partial charge on any atom is 0.174 e. The quantitative estimate of drug-likeness (QED) is 0.837. The van der Waals surface area contributed by atoms with Gasteiger partial charge in [-0.15, -0.1) is 0 Å². The molecule has 2 aromatic rings. The van der Waals surface area contributed by atoms with Crippen LogP contribution in [0.3, 0.4) is 0 Å². The Morgan fingerprint density at radius 1 is 1.19 bits per heavy atom. The van der Waals surface area contributed by atoms with Crippen molar-refractivity contribution in [3.63, 3.8) is 0 Å². The van der Waals surface area contributed by atoms with Crippen LogP contribution in [0.25, 0.3) is 0 Å². The first-order valence-corrected chi connectivity index (χ1v) is 7.64. The number of nitrogens with one attached hydrogen (secondary N) is 1. The van der Waals surface area contributed by atoms with Crippen LogP contribution in [0, 0.1) is 11.3 Å². The van der Waals surface area contributed by atoms with Gasteiger partial charge in [-0.1, -0.05) is 41.1 Å². The Kier molecular flexibility index (Phi) is 5.65. The molecule has 0 aliphatic heterocycles. The summed E-state index contributed by atoms with van der Waals surface area (Å²) in [5.41, 5.74) is 3.42. The van der Waals surface area contributed by atoms with Gasteiger partial charge in [-0.05, 0) is 36.2 Å². The fraction of sp³-hybridized carbons (Fsp3) is 0.235. The number of rotatable bonds is 6. The minimum absolute atomic E-state index is 0.0650. The van der Waals surface area contributed by atoms with Crippen LogP contribution in [0.1, 0.15) is 18.1 Å². The standard InChI is InChI=1S/C17H17BrN2O/c1-2-13-11-15(18)7-8-16(13)20-12-14-5-3-4-6-17(14)21-10-9-19/h3-8,11,20H,2,10,12H2,1H3. The first kappa shape index (κ1) is 15.4. The van der Waals surface area contributed by atoms with Crippen LogP contribution in [0.15, 0.2) is 46.9 Å². The summed E-state index contributed by atoms with van der Waals surface area (Å²) in [4.78, 5) is 0. The molecule has 3 nitrogen and oxygen atoms in total. The van der Waals surface area contributed by atoms with Crippen molar-refractivity contribution in [2.24, 2.45) is 0 Å². The number of hydrogen-bond donors (Lipinski definition) is 1. The van der Waals surface area contributed by atoms with Gasteiger partial charge < -0.3 is 10.1 Å². The SMILES string of the molecule is CCc1cc(Br)ccc1NCc1ccccc1OCC#N. The second kappa shape index (κ2) is 7.70. The second-order valence-electron chi connectivity index (χ2n) is 4.56. The normalized spacial score (nSPS) is 9.95. The lowest BCUT2D eigenvalue weighted by Crippen LogP contribution is -2.05. The van der Waals surface area contributed by atoms with Crippen molar-refractivity contribution in [2.45, 2.75) is 19.9 Å². The molecule has 0 aromatic heterocycles. The molecule has 0 saturated carbocycles. The smallest absolute Gasteiger partial charge is 0.174 e. The largest absolute Gasteiger partial charge is 0.478 e. The Balaban J connectivity index is 2.11. The average Bonchev–Trinajstić information content (AvgIpc) is 2.52.